The van der Waals surface area contributed by atoms with Gasteiger partial charge in [-0.2, -0.15) is 0 Å². The van der Waals surface area contributed by atoms with Gasteiger partial charge in [0.1, 0.15) is 11.5 Å². The van der Waals surface area contributed by atoms with Crippen LogP contribution in [0.1, 0.15) is 11.1 Å². The maximum atomic E-state index is 11.8. The number of carbonyl (C=O) groups excluding carboxylic acids is 1. The summed E-state index contributed by atoms with van der Waals surface area (Å²) in [6.07, 6.45) is 0. The zero-order valence-electron chi connectivity index (χ0n) is 12.3. The average molecular weight is 285 g/mol. The van der Waals surface area contributed by atoms with Crippen molar-refractivity contribution in [3.05, 3.63) is 59.7 Å². The van der Waals surface area contributed by atoms with Gasteiger partial charge in [-0.1, -0.05) is 24.3 Å². The van der Waals surface area contributed by atoms with Gasteiger partial charge in [-0.15, -0.1) is 0 Å². The molecule has 0 heterocycles. The van der Waals surface area contributed by atoms with Gasteiger partial charge in [0.25, 0.3) is 5.91 Å². The predicted molar refractivity (Wildman–Crippen MR) is 81.5 cm³/mol. The Morgan fingerprint density at radius 2 is 1.71 bits per heavy atom. The van der Waals surface area contributed by atoms with E-state index in [1.807, 2.05) is 31.2 Å². The summed E-state index contributed by atoms with van der Waals surface area (Å²) in [5, 5.41) is 2.84. The molecule has 0 fully saturated rings. The van der Waals surface area contributed by atoms with Crippen molar-refractivity contribution in [2.75, 3.05) is 13.7 Å². The van der Waals surface area contributed by atoms with E-state index < -0.39 is 0 Å². The van der Waals surface area contributed by atoms with Crippen LogP contribution in [0.2, 0.25) is 0 Å². The average Bonchev–Trinajstić information content (AvgIpc) is 2.52. The quantitative estimate of drug-likeness (QED) is 0.887. The van der Waals surface area contributed by atoms with Gasteiger partial charge in [-0.3, -0.25) is 4.79 Å². The molecule has 0 aliphatic rings. The number of hydrogen-bond acceptors (Lipinski definition) is 3. The number of aryl methyl sites for hydroxylation is 1. The zero-order valence-corrected chi connectivity index (χ0v) is 12.3. The summed E-state index contributed by atoms with van der Waals surface area (Å²) in [5.41, 5.74) is 2.27. The third-order valence-electron chi connectivity index (χ3n) is 3.17. The van der Waals surface area contributed by atoms with E-state index in [2.05, 4.69) is 5.32 Å². The Morgan fingerprint density at radius 1 is 1.05 bits per heavy atom. The van der Waals surface area contributed by atoms with Crippen LogP contribution in [-0.4, -0.2) is 19.6 Å². The van der Waals surface area contributed by atoms with Gasteiger partial charge in [0.05, 0.1) is 7.11 Å². The Bertz CT molecular complexity index is 593. The first-order valence-electron chi connectivity index (χ1n) is 6.77. The van der Waals surface area contributed by atoms with Gasteiger partial charge < -0.3 is 14.8 Å². The summed E-state index contributed by atoms with van der Waals surface area (Å²) in [6, 6.07) is 15.1. The van der Waals surface area contributed by atoms with E-state index in [9.17, 15) is 4.79 Å². The summed E-state index contributed by atoms with van der Waals surface area (Å²) < 4.78 is 10.5. The maximum Gasteiger partial charge on any atom is 0.258 e. The molecular formula is C17H19NO3. The number of hydrogen-bond donors (Lipinski definition) is 1. The fraction of sp³-hybridized carbons (Fsp3) is 0.235. The molecule has 0 unspecified atom stereocenters. The number of amides is 1. The molecular weight excluding hydrogens is 266 g/mol. The first kappa shape index (κ1) is 14.9. The van der Waals surface area contributed by atoms with Crippen molar-refractivity contribution in [3.63, 3.8) is 0 Å². The van der Waals surface area contributed by atoms with Gasteiger partial charge in [0.2, 0.25) is 0 Å². The topological polar surface area (TPSA) is 47.6 Å². The van der Waals surface area contributed by atoms with E-state index in [4.69, 9.17) is 9.47 Å². The van der Waals surface area contributed by atoms with Gasteiger partial charge >= 0.3 is 0 Å². The van der Waals surface area contributed by atoms with Crippen LogP contribution in [0, 0.1) is 6.92 Å². The summed E-state index contributed by atoms with van der Waals surface area (Å²) in [5.74, 6) is 1.25. The molecule has 1 N–H and O–H groups in total. The molecule has 0 aromatic heterocycles. The second-order valence-electron chi connectivity index (χ2n) is 4.67. The summed E-state index contributed by atoms with van der Waals surface area (Å²) in [4.78, 5) is 11.8. The Hall–Kier alpha value is -2.49. The van der Waals surface area contributed by atoms with E-state index in [0.717, 1.165) is 16.9 Å². The van der Waals surface area contributed by atoms with E-state index >= 15 is 0 Å². The molecule has 1 amide bonds. The third-order valence-corrected chi connectivity index (χ3v) is 3.17. The Labute approximate surface area is 124 Å². The molecule has 0 saturated heterocycles. The Kier molecular flexibility index (Phi) is 5.21. The van der Waals surface area contributed by atoms with Gasteiger partial charge in [0, 0.05) is 6.54 Å². The van der Waals surface area contributed by atoms with E-state index in [-0.39, 0.29) is 12.5 Å². The van der Waals surface area contributed by atoms with Crippen LogP contribution >= 0.6 is 0 Å². The first-order valence-corrected chi connectivity index (χ1v) is 6.77. The largest absolute Gasteiger partial charge is 0.497 e. The first-order chi connectivity index (χ1) is 10.2. The summed E-state index contributed by atoms with van der Waals surface area (Å²) >= 11 is 0. The highest BCUT2D eigenvalue weighted by atomic mass is 16.5. The predicted octanol–water partition coefficient (Wildman–Crippen LogP) is 2.70. The number of ether oxygens (including phenoxy) is 2. The lowest BCUT2D eigenvalue weighted by Gasteiger charge is -2.09. The molecule has 0 aliphatic heterocycles. The van der Waals surface area contributed by atoms with Crippen molar-refractivity contribution in [3.8, 4) is 11.5 Å². The smallest absolute Gasteiger partial charge is 0.258 e. The van der Waals surface area contributed by atoms with Crippen LogP contribution in [0.25, 0.3) is 0 Å². The molecule has 2 aromatic carbocycles. The van der Waals surface area contributed by atoms with Gasteiger partial charge in [-0.25, -0.2) is 0 Å². The highest BCUT2D eigenvalue weighted by Crippen LogP contribution is 2.16. The van der Waals surface area contributed by atoms with E-state index in [1.54, 1.807) is 31.4 Å². The highest BCUT2D eigenvalue weighted by molar-refractivity contribution is 5.77. The third kappa shape index (κ3) is 4.53. The minimum absolute atomic E-state index is 0.00178. The number of benzene rings is 2. The Morgan fingerprint density at radius 3 is 2.38 bits per heavy atom. The molecule has 2 rings (SSSR count). The van der Waals surface area contributed by atoms with Gasteiger partial charge in [-0.05, 0) is 42.3 Å². The molecule has 0 spiro atoms. The van der Waals surface area contributed by atoms with Crippen LogP contribution in [0.3, 0.4) is 0 Å². The minimum Gasteiger partial charge on any atom is -0.497 e. The lowest BCUT2D eigenvalue weighted by atomic mass is 10.1. The van der Waals surface area contributed by atoms with Crippen LogP contribution in [0.5, 0.6) is 11.5 Å². The lowest BCUT2D eigenvalue weighted by Crippen LogP contribution is -2.28. The molecule has 0 radical (unpaired) electrons. The molecule has 0 bridgehead atoms. The van der Waals surface area contributed by atoms with E-state index in [1.165, 1.54) is 0 Å². The van der Waals surface area contributed by atoms with Crippen molar-refractivity contribution in [1.82, 2.24) is 5.32 Å². The minimum atomic E-state index is -0.144. The monoisotopic (exact) mass is 285 g/mol. The second kappa shape index (κ2) is 7.33. The maximum absolute atomic E-state index is 11.8. The van der Waals surface area contributed by atoms with Gasteiger partial charge in [0.15, 0.2) is 6.61 Å². The molecule has 0 saturated carbocycles. The lowest BCUT2D eigenvalue weighted by molar-refractivity contribution is -0.123. The van der Waals surface area contributed by atoms with Crippen LogP contribution in [0.4, 0.5) is 0 Å². The van der Waals surface area contributed by atoms with E-state index in [0.29, 0.717) is 12.3 Å². The summed E-state index contributed by atoms with van der Waals surface area (Å²) in [7, 11) is 1.61. The highest BCUT2D eigenvalue weighted by Gasteiger charge is 2.04. The molecule has 110 valence electrons. The van der Waals surface area contributed by atoms with Crippen molar-refractivity contribution < 1.29 is 14.3 Å². The number of methoxy groups -OCH3 is 1. The van der Waals surface area contributed by atoms with Crippen molar-refractivity contribution in [1.29, 1.82) is 0 Å². The summed E-state index contributed by atoms with van der Waals surface area (Å²) in [6.45, 7) is 2.53. The molecule has 4 heteroatoms. The second-order valence-corrected chi connectivity index (χ2v) is 4.67. The van der Waals surface area contributed by atoms with Crippen LogP contribution in [-0.2, 0) is 11.3 Å². The number of carbonyl (C=O) groups is 1. The standard InChI is InChI=1S/C17H19NO3/c1-13-5-3-4-6-14(13)11-18-17(19)12-21-16-9-7-15(20-2)8-10-16/h3-10H,11-12H2,1-2H3,(H,18,19). The van der Waals surface area contributed by atoms with Crippen molar-refractivity contribution in [2.45, 2.75) is 13.5 Å². The fourth-order valence-corrected chi connectivity index (χ4v) is 1.87. The number of nitrogens with one attached hydrogen (secondary N) is 1. The zero-order chi connectivity index (χ0) is 15.1. The SMILES string of the molecule is COc1ccc(OCC(=O)NCc2ccccc2C)cc1. The molecule has 4 nitrogen and oxygen atoms in total. The molecule has 0 atom stereocenters. The molecule has 21 heavy (non-hydrogen) atoms. The number of rotatable bonds is 6. The normalized spacial score (nSPS) is 10.0. The van der Waals surface area contributed by atoms with Crippen LogP contribution < -0.4 is 14.8 Å². The van der Waals surface area contributed by atoms with Crippen molar-refractivity contribution >= 4 is 5.91 Å². The van der Waals surface area contributed by atoms with Crippen molar-refractivity contribution in [2.24, 2.45) is 0 Å². The van der Waals surface area contributed by atoms with Crippen LogP contribution in [0.15, 0.2) is 48.5 Å². The Balaban J connectivity index is 1.78. The molecule has 0 aliphatic carbocycles. The molecule has 2 aromatic rings. The fourth-order valence-electron chi connectivity index (χ4n) is 1.87.